The third-order valence-corrected chi connectivity index (χ3v) is 6.73. The van der Waals surface area contributed by atoms with Gasteiger partial charge in [0.05, 0.1) is 11.3 Å². The van der Waals surface area contributed by atoms with Crippen molar-refractivity contribution in [3.8, 4) is 0 Å². The van der Waals surface area contributed by atoms with Gasteiger partial charge in [-0.1, -0.05) is 11.3 Å². The summed E-state index contributed by atoms with van der Waals surface area (Å²) < 4.78 is 26.7. The largest absolute Gasteiger partial charge is 0.388 e. The maximum absolute atomic E-state index is 13.4. The zero-order valence-electron chi connectivity index (χ0n) is 16.6. The van der Waals surface area contributed by atoms with Crippen molar-refractivity contribution in [1.29, 1.82) is 0 Å². The minimum absolute atomic E-state index is 0.0407. The number of carbonyl (C=O) groups excluding carboxylic acids is 1. The molecule has 2 fully saturated rings. The minimum atomic E-state index is -2.58. The fourth-order valence-corrected chi connectivity index (χ4v) is 4.96. The summed E-state index contributed by atoms with van der Waals surface area (Å²) in [5, 5.41) is 14.9. The molecule has 2 saturated heterocycles. The number of β-amino-alcohol motifs (C(OH)–C–C–N with tert-alkyl or cyclic N) is 1. The number of alkyl halides is 2. The molecule has 0 aliphatic carbocycles. The van der Waals surface area contributed by atoms with Crippen LogP contribution in [0, 0.1) is 6.92 Å². The number of likely N-dealkylation sites (tertiary alicyclic amines) is 2. The predicted octanol–water partition coefficient (Wildman–Crippen LogP) is 2.97. The van der Waals surface area contributed by atoms with Crippen LogP contribution >= 0.6 is 11.3 Å². The molecule has 6 nitrogen and oxygen atoms in total. The zero-order valence-corrected chi connectivity index (χ0v) is 17.5. The fourth-order valence-electron chi connectivity index (χ4n) is 3.96. The highest BCUT2D eigenvalue weighted by Gasteiger charge is 2.38. The van der Waals surface area contributed by atoms with Gasteiger partial charge in [0, 0.05) is 52.1 Å². The lowest BCUT2D eigenvalue weighted by Crippen LogP contribution is -2.48. The third kappa shape index (κ3) is 5.18. The molecule has 0 unspecified atom stereocenters. The minimum Gasteiger partial charge on any atom is -0.388 e. The van der Waals surface area contributed by atoms with Crippen molar-refractivity contribution in [3.05, 3.63) is 10.6 Å². The van der Waals surface area contributed by atoms with Gasteiger partial charge in [0.1, 0.15) is 4.88 Å². The third-order valence-electron chi connectivity index (χ3n) is 5.63. The Kier molecular flexibility index (Phi) is 6.56. The summed E-state index contributed by atoms with van der Waals surface area (Å²) in [4.78, 5) is 21.7. The lowest BCUT2D eigenvalue weighted by molar-refractivity contribution is -0.0768. The van der Waals surface area contributed by atoms with Crippen molar-refractivity contribution in [2.75, 3.05) is 44.6 Å². The average molecular weight is 417 g/mol. The first-order chi connectivity index (χ1) is 13.2. The molecule has 9 heteroatoms. The smallest absolute Gasteiger partial charge is 0.265 e. The molecule has 0 bridgehead atoms. The summed E-state index contributed by atoms with van der Waals surface area (Å²) in [5.41, 5.74) is -0.209. The standard InChI is InChI=1S/C19H30F2N4O2S/c1-3-22-17-23-14(2)15(28-17)16(26)25-9-4-5-18(27,6-12-25)13-24-10-7-19(20,21)8-11-24/h27H,3-13H2,1-2H3,(H,22,23)/t18-/m1/s1. The normalized spacial score (nSPS) is 26.1. The number of halogens is 2. The Hall–Kier alpha value is -1.32. The summed E-state index contributed by atoms with van der Waals surface area (Å²) in [5.74, 6) is -2.62. The van der Waals surface area contributed by atoms with E-state index < -0.39 is 11.5 Å². The molecule has 2 N–H and O–H groups in total. The Labute approximate surface area is 168 Å². The zero-order chi connectivity index (χ0) is 20.4. The number of carbonyl (C=O) groups is 1. The van der Waals surface area contributed by atoms with Gasteiger partial charge < -0.3 is 20.2 Å². The van der Waals surface area contributed by atoms with Gasteiger partial charge in [-0.2, -0.15) is 0 Å². The first kappa shape index (κ1) is 21.4. The van der Waals surface area contributed by atoms with Crippen LogP contribution in [0.25, 0.3) is 0 Å². The Morgan fingerprint density at radius 1 is 1.21 bits per heavy atom. The number of rotatable bonds is 5. The highest BCUT2D eigenvalue weighted by molar-refractivity contribution is 7.17. The second-order valence-corrected chi connectivity index (χ2v) is 8.97. The highest BCUT2D eigenvalue weighted by atomic mass is 32.1. The fraction of sp³-hybridized carbons (Fsp3) is 0.789. The monoisotopic (exact) mass is 416 g/mol. The van der Waals surface area contributed by atoms with Gasteiger partial charge in [0.25, 0.3) is 11.8 Å². The molecular formula is C19H30F2N4O2S. The van der Waals surface area contributed by atoms with Crippen LogP contribution in [0.5, 0.6) is 0 Å². The number of thiazole rings is 1. The van der Waals surface area contributed by atoms with Gasteiger partial charge in [0.15, 0.2) is 5.13 Å². The molecule has 0 spiro atoms. The Morgan fingerprint density at radius 3 is 2.61 bits per heavy atom. The van der Waals surface area contributed by atoms with E-state index in [4.69, 9.17) is 0 Å². The molecule has 3 heterocycles. The van der Waals surface area contributed by atoms with E-state index in [9.17, 15) is 18.7 Å². The molecule has 3 rings (SSSR count). The van der Waals surface area contributed by atoms with E-state index in [1.165, 1.54) is 11.3 Å². The quantitative estimate of drug-likeness (QED) is 0.772. The van der Waals surface area contributed by atoms with Crippen LogP contribution in [0.2, 0.25) is 0 Å². The van der Waals surface area contributed by atoms with Gasteiger partial charge in [-0.15, -0.1) is 0 Å². The van der Waals surface area contributed by atoms with Crippen LogP contribution < -0.4 is 5.32 Å². The van der Waals surface area contributed by atoms with E-state index >= 15 is 0 Å². The summed E-state index contributed by atoms with van der Waals surface area (Å²) in [7, 11) is 0. The molecule has 158 valence electrons. The second-order valence-electron chi connectivity index (χ2n) is 7.97. The molecule has 0 saturated carbocycles. The lowest BCUT2D eigenvalue weighted by Gasteiger charge is -2.37. The van der Waals surface area contributed by atoms with E-state index in [2.05, 4.69) is 10.3 Å². The van der Waals surface area contributed by atoms with E-state index in [1.54, 1.807) is 4.90 Å². The lowest BCUT2D eigenvalue weighted by atomic mass is 9.93. The molecule has 1 atom stereocenters. The van der Waals surface area contributed by atoms with Crippen LogP contribution in [0.15, 0.2) is 0 Å². The summed E-state index contributed by atoms with van der Waals surface area (Å²) in [6, 6.07) is 0. The first-order valence-electron chi connectivity index (χ1n) is 10.0. The molecule has 2 aliphatic heterocycles. The number of hydrogen-bond acceptors (Lipinski definition) is 6. The Morgan fingerprint density at radius 2 is 1.93 bits per heavy atom. The molecular weight excluding hydrogens is 386 g/mol. The van der Waals surface area contributed by atoms with Crippen molar-refractivity contribution >= 4 is 22.4 Å². The van der Waals surface area contributed by atoms with Gasteiger partial charge in [-0.25, -0.2) is 13.8 Å². The van der Waals surface area contributed by atoms with E-state index in [0.29, 0.717) is 56.9 Å². The van der Waals surface area contributed by atoms with Crippen molar-refractivity contribution in [1.82, 2.24) is 14.8 Å². The van der Waals surface area contributed by atoms with Crippen molar-refractivity contribution < 1.29 is 18.7 Å². The number of aromatic nitrogens is 1. The Bertz CT molecular complexity index is 689. The summed E-state index contributed by atoms with van der Waals surface area (Å²) in [6.45, 7) is 6.65. The first-order valence-corrected chi connectivity index (χ1v) is 10.9. The van der Waals surface area contributed by atoms with E-state index in [-0.39, 0.29) is 18.7 Å². The topological polar surface area (TPSA) is 68.7 Å². The number of amides is 1. The maximum atomic E-state index is 13.4. The number of aryl methyl sites for hydroxylation is 1. The molecule has 1 amide bonds. The van der Waals surface area contributed by atoms with Gasteiger partial charge in [-0.3, -0.25) is 4.79 Å². The second kappa shape index (κ2) is 8.59. The van der Waals surface area contributed by atoms with Gasteiger partial charge in [-0.05, 0) is 33.1 Å². The number of nitrogens with zero attached hydrogens (tertiary/aromatic N) is 3. The SMILES string of the molecule is CCNc1nc(C)c(C(=O)N2CCC[C@](O)(CN3CCC(F)(F)CC3)CC2)s1. The molecule has 1 aromatic heterocycles. The van der Waals surface area contributed by atoms with Crippen molar-refractivity contribution in [3.63, 3.8) is 0 Å². The number of piperidine rings is 1. The molecule has 2 aliphatic rings. The summed E-state index contributed by atoms with van der Waals surface area (Å²) in [6.07, 6.45) is 1.45. The number of aliphatic hydroxyl groups is 1. The van der Waals surface area contributed by atoms with Gasteiger partial charge in [0.2, 0.25) is 0 Å². The molecule has 1 aromatic rings. The number of nitrogens with one attached hydrogen (secondary N) is 1. The molecule has 0 aromatic carbocycles. The molecule has 0 radical (unpaired) electrons. The highest BCUT2D eigenvalue weighted by Crippen LogP contribution is 2.31. The number of hydrogen-bond donors (Lipinski definition) is 2. The van der Waals surface area contributed by atoms with E-state index in [0.717, 1.165) is 17.4 Å². The molecule has 28 heavy (non-hydrogen) atoms. The van der Waals surface area contributed by atoms with Crippen LogP contribution in [-0.4, -0.2) is 76.6 Å². The predicted molar refractivity (Wildman–Crippen MR) is 106 cm³/mol. The van der Waals surface area contributed by atoms with Crippen LogP contribution in [0.3, 0.4) is 0 Å². The van der Waals surface area contributed by atoms with Crippen molar-refractivity contribution in [2.24, 2.45) is 0 Å². The maximum Gasteiger partial charge on any atom is 0.265 e. The van der Waals surface area contributed by atoms with Gasteiger partial charge >= 0.3 is 0 Å². The Balaban J connectivity index is 1.59. The van der Waals surface area contributed by atoms with Crippen LogP contribution in [0.4, 0.5) is 13.9 Å². The van der Waals surface area contributed by atoms with Crippen LogP contribution in [0.1, 0.15) is 54.4 Å². The number of anilines is 1. The van der Waals surface area contributed by atoms with Crippen LogP contribution in [-0.2, 0) is 0 Å². The summed E-state index contributed by atoms with van der Waals surface area (Å²) >= 11 is 1.37. The van der Waals surface area contributed by atoms with Crippen molar-refractivity contribution in [2.45, 2.75) is 57.5 Å². The average Bonchev–Trinajstić information content (AvgIpc) is 2.88. The van der Waals surface area contributed by atoms with E-state index in [1.807, 2.05) is 18.7 Å².